The van der Waals surface area contributed by atoms with Gasteiger partial charge < -0.3 is 10.2 Å². The lowest BCUT2D eigenvalue weighted by Crippen LogP contribution is -2.63. The Balaban J connectivity index is 1.51. The Labute approximate surface area is 119 Å². The number of aromatic nitrogens is 1. The Morgan fingerprint density at radius 2 is 1.85 bits per heavy atom. The second kappa shape index (κ2) is 5.04. The van der Waals surface area contributed by atoms with Crippen molar-refractivity contribution >= 4 is 16.6 Å². The monoisotopic (exact) mass is 268 g/mol. The Hall–Kier alpha value is -1.65. The summed E-state index contributed by atoms with van der Waals surface area (Å²) in [6.45, 7) is 6.84. The first-order chi connectivity index (χ1) is 9.92. The van der Waals surface area contributed by atoms with Crippen LogP contribution < -0.4 is 10.2 Å². The van der Waals surface area contributed by atoms with E-state index in [-0.39, 0.29) is 0 Å². The molecule has 0 unspecified atom stereocenters. The molecule has 2 aliphatic rings. The SMILES string of the molecule is c1ccc2c(N3CC(N4CCNCC4)C3)nccc2c1. The molecule has 2 aliphatic heterocycles. The molecule has 2 aromatic rings. The average molecular weight is 268 g/mol. The van der Waals surface area contributed by atoms with E-state index >= 15 is 0 Å². The van der Waals surface area contributed by atoms with Crippen molar-refractivity contribution in [2.45, 2.75) is 6.04 Å². The molecular formula is C16H20N4. The molecule has 2 fully saturated rings. The van der Waals surface area contributed by atoms with Gasteiger partial charge in [-0.05, 0) is 11.5 Å². The summed E-state index contributed by atoms with van der Waals surface area (Å²) in [5, 5.41) is 5.97. The number of hydrogen-bond donors (Lipinski definition) is 1. The molecule has 0 radical (unpaired) electrons. The molecular weight excluding hydrogens is 248 g/mol. The molecule has 4 nitrogen and oxygen atoms in total. The zero-order valence-electron chi connectivity index (χ0n) is 11.6. The van der Waals surface area contributed by atoms with Crippen molar-refractivity contribution in [2.75, 3.05) is 44.2 Å². The lowest BCUT2D eigenvalue weighted by Gasteiger charge is -2.47. The van der Waals surface area contributed by atoms with Crippen LogP contribution in [-0.4, -0.2) is 55.2 Å². The van der Waals surface area contributed by atoms with Gasteiger partial charge in [0.05, 0.1) is 0 Å². The van der Waals surface area contributed by atoms with Gasteiger partial charge in [-0.1, -0.05) is 24.3 Å². The number of anilines is 1. The van der Waals surface area contributed by atoms with E-state index in [1.165, 1.54) is 23.9 Å². The summed E-state index contributed by atoms with van der Waals surface area (Å²) < 4.78 is 0. The number of nitrogens with zero attached hydrogens (tertiary/aromatic N) is 3. The van der Waals surface area contributed by atoms with Crippen molar-refractivity contribution in [3.8, 4) is 0 Å². The second-order valence-corrected chi connectivity index (χ2v) is 5.70. The van der Waals surface area contributed by atoms with Crippen LogP contribution in [0.15, 0.2) is 36.5 Å². The van der Waals surface area contributed by atoms with E-state index in [0.717, 1.165) is 32.0 Å². The fourth-order valence-electron chi connectivity index (χ4n) is 3.26. The van der Waals surface area contributed by atoms with E-state index in [0.29, 0.717) is 6.04 Å². The minimum absolute atomic E-state index is 0.706. The lowest BCUT2D eigenvalue weighted by molar-refractivity contribution is 0.147. The van der Waals surface area contributed by atoms with Crippen LogP contribution in [0.3, 0.4) is 0 Å². The molecule has 104 valence electrons. The van der Waals surface area contributed by atoms with Crippen LogP contribution in [0.5, 0.6) is 0 Å². The van der Waals surface area contributed by atoms with E-state index in [9.17, 15) is 0 Å². The molecule has 0 saturated carbocycles. The summed E-state index contributed by atoms with van der Waals surface area (Å²) in [5.74, 6) is 1.15. The van der Waals surface area contributed by atoms with Crippen LogP contribution in [0, 0.1) is 0 Å². The zero-order valence-corrected chi connectivity index (χ0v) is 11.6. The fraction of sp³-hybridized carbons (Fsp3) is 0.438. The Morgan fingerprint density at radius 3 is 2.70 bits per heavy atom. The molecule has 1 N–H and O–H groups in total. The fourth-order valence-corrected chi connectivity index (χ4v) is 3.26. The normalized spacial score (nSPS) is 21.1. The Bertz CT molecular complexity index is 595. The minimum atomic E-state index is 0.706. The highest BCUT2D eigenvalue weighted by molar-refractivity contribution is 5.92. The Kier molecular flexibility index (Phi) is 3.05. The molecule has 0 atom stereocenters. The molecule has 4 heteroatoms. The van der Waals surface area contributed by atoms with Gasteiger partial charge in [-0.15, -0.1) is 0 Å². The predicted molar refractivity (Wildman–Crippen MR) is 82.2 cm³/mol. The van der Waals surface area contributed by atoms with E-state index in [2.05, 4.69) is 50.4 Å². The first-order valence-electron chi connectivity index (χ1n) is 7.45. The summed E-state index contributed by atoms with van der Waals surface area (Å²) >= 11 is 0. The van der Waals surface area contributed by atoms with Crippen molar-refractivity contribution in [1.82, 2.24) is 15.2 Å². The highest BCUT2D eigenvalue weighted by Gasteiger charge is 2.33. The maximum absolute atomic E-state index is 4.60. The van der Waals surface area contributed by atoms with Gasteiger partial charge in [-0.25, -0.2) is 4.98 Å². The molecule has 2 saturated heterocycles. The molecule has 1 aromatic carbocycles. The van der Waals surface area contributed by atoms with Crippen LogP contribution in [-0.2, 0) is 0 Å². The van der Waals surface area contributed by atoms with E-state index in [1.54, 1.807) is 0 Å². The van der Waals surface area contributed by atoms with Crippen LogP contribution in [0.4, 0.5) is 5.82 Å². The molecule has 0 spiro atoms. The van der Waals surface area contributed by atoms with Crippen molar-refractivity contribution in [1.29, 1.82) is 0 Å². The maximum Gasteiger partial charge on any atom is 0.136 e. The number of rotatable bonds is 2. The predicted octanol–water partition coefficient (Wildman–Crippen LogP) is 1.33. The van der Waals surface area contributed by atoms with Crippen molar-refractivity contribution in [3.05, 3.63) is 36.5 Å². The number of benzene rings is 1. The van der Waals surface area contributed by atoms with E-state index in [4.69, 9.17) is 0 Å². The third-order valence-electron chi connectivity index (χ3n) is 4.48. The van der Waals surface area contributed by atoms with Gasteiger partial charge in [0.25, 0.3) is 0 Å². The molecule has 4 rings (SSSR count). The second-order valence-electron chi connectivity index (χ2n) is 5.70. The summed E-state index contributed by atoms with van der Waals surface area (Å²) in [4.78, 5) is 9.62. The topological polar surface area (TPSA) is 31.4 Å². The molecule has 0 bridgehead atoms. The van der Waals surface area contributed by atoms with Crippen molar-refractivity contribution in [2.24, 2.45) is 0 Å². The number of hydrogen-bond acceptors (Lipinski definition) is 4. The molecule has 0 aliphatic carbocycles. The zero-order chi connectivity index (χ0) is 13.4. The third-order valence-corrected chi connectivity index (χ3v) is 4.48. The first kappa shape index (κ1) is 12.1. The maximum atomic E-state index is 4.60. The van der Waals surface area contributed by atoms with Gasteiger partial charge in [-0.3, -0.25) is 4.90 Å². The summed E-state index contributed by atoms with van der Waals surface area (Å²) in [7, 11) is 0. The van der Waals surface area contributed by atoms with Gasteiger partial charge in [0.15, 0.2) is 0 Å². The van der Waals surface area contributed by atoms with Crippen molar-refractivity contribution < 1.29 is 0 Å². The van der Waals surface area contributed by atoms with Gasteiger partial charge in [0, 0.05) is 56.9 Å². The number of piperazine rings is 1. The highest BCUT2D eigenvalue weighted by Crippen LogP contribution is 2.28. The van der Waals surface area contributed by atoms with Crippen LogP contribution in [0.25, 0.3) is 10.8 Å². The van der Waals surface area contributed by atoms with Gasteiger partial charge in [0.2, 0.25) is 0 Å². The van der Waals surface area contributed by atoms with Gasteiger partial charge >= 0.3 is 0 Å². The summed E-state index contributed by atoms with van der Waals surface area (Å²) in [5.41, 5.74) is 0. The van der Waals surface area contributed by atoms with Crippen LogP contribution in [0.2, 0.25) is 0 Å². The van der Waals surface area contributed by atoms with Gasteiger partial charge in [-0.2, -0.15) is 0 Å². The van der Waals surface area contributed by atoms with Crippen molar-refractivity contribution in [3.63, 3.8) is 0 Å². The minimum Gasteiger partial charge on any atom is -0.353 e. The largest absolute Gasteiger partial charge is 0.353 e. The van der Waals surface area contributed by atoms with Gasteiger partial charge in [0.1, 0.15) is 5.82 Å². The standard InChI is InChI=1S/C16H20N4/c1-2-4-15-13(3-1)5-6-18-16(15)20-11-14(12-20)19-9-7-17-8-10-19/h1-6,14,17H,7-12H2. The quantitative estimate of drug-likeness (QED) is 0.890. The summed E-state index contributed by atoms with van der Waals surface area (Å²) in [6.07, 6.45) is 1.93. The number of fused-ring (bicyclic) bond motifs is 1. The molecule has 3 heterocycles. The highest BCUT2D eigenvalue weighted by atomic mass is 15.3. The molecule has 1 aromatic heterocycles. The first-order valence-corrected chi connectivity index (χ1v) is 7.45. The van der Waals surface area contributed by atoms with Crippen LogP contribution in [0.1, 0.15) is 0 Å². The van der Waals surface area contributed by atoms with E-state index < -0.39 is 0 Å². The van der Waals surface area contributed by atoms with Crippen LogP contribution >= 0.6 is 0 Å². The summed E-state index contributed by atoms with van der Waals surface area (Å²) in [6, 6.07) is 11.3. The van der Waals surface area contributed by atoms with E-state index in [1.807, 2.05) is 6.20 Å². The third kappa shape index (κ3) is 2.05. The molecule has 0 amide bonds. The average Bonchev–Trinajstić information content (AvgIpc) is 2.47. The lowest BCUT2D eigenvalue weighted by atomic mass is 10.0. The number of pyridine rings is 1. The number of nitrogens with one attached hydrogen (secondary N) is 1. The smallest absolute Gasteiger partial charge is 0.136 e. The molecule has 20 heavy (non-hydrogen) atoms. The Morgan fingerprint density at radius 1 is 1.05 bits per heavy atom.